The number of carbonyl (C=O) groups excluding carboxylic acids is 1. The van der Waals surface area contributed by atoms with Crippen LogP contribution < -0.4 is 5.14 Å². The first-order valence-electron chi connectivity index (χ1n) is 10.1. The molecule has 3 rings (SSSR count). The van der Waals surface area contributed by atoms with Gasteiger partial charge in [-0.3, -0.25) is 14.5 Å². The standard InChI is InChI=1S/C21H19F3N2O6S3/c22-21(23,24)12-5-8-17(35(25,30)31)14(10-12)15-7-6-13(32-15)11-16-19(29)26(20(33)34-16)9-3-1-2-4-18(27)28/h5-8,10-11H,1-4,9H2,(H,27,28)(H2,25,30,31). The number of halogens is 3. The van der Waals surface area contributed by atoms with Crippen molar-refractivity contribution in [3.05, 3.63) is 46.6 Å². The molecular weight excluding hydrogens is 529 g/mol. The fourth-order valence-corrected chi connectivity index (χ4v) is 5.28. The summed E-state index contributed by atoms with van der Waals surface area (Å²) < 4.78 is 69.1. The molecule has 0 radical (unpaired) electrons. The SMILES string of the molecule is NS(=O)(=O)c1ccc(C(F)(F)F)cc1-c1ccc(C=C2SC(=S)N(CCCCCC(=O)O)C2=O)o1. The van der Waals surface area contributed by atoms with Crippen LogP contribution in [0.25, 0.3) is 17.4 Å². The number of hydrogen-bond donors (Lipinski definition) is 2. The second-order valence-corrected chi connectivity index (χ2v) is 10.7. The molecule has 1 aromatic carbocycles. The van der Waals surface area contributed by atoms with E-state index in [0.29, 0.717) is 42.3 Å². The molecule has 0 atom stereocenters. The van der Waals surface area contributed by atoms with Gasteiger partial charge in [-0.25, -0.2) is 13.6 Å². The minimum absolute atomic E-state index is 0.0399. The Morgan fingerprint density at radius 3 is 2.54 bits per heavy atom. The lowest BCUT2D eigenvalue weighted by Crippen LogP contribution is -2.29. The number of rotatable bonds is 9. The van der Waals surface area contributed by atoms with E-state index in [9.17, 15) is 31.2 Å². The van der Waals surface area contributed by atoms with Gasteiger partial charge in [-0.2, -0.15) is 13.2 Å². The molecule has 1 aromatic heterocycles. The predicted molar refractivity (Wildman–Crippen MR) is 127 cm³/mol. The van der Waals surface area contributed by atoms with Crippen molar-refractivity contribution >= 4 is 56.3 Å². The summed E-state index contributed by atoms with van der Waals surface area (Å²) in [5.74, 6) is -1.36. The molecule has 1 saturated heterocycles. The Labute approximate surface area is 208 Å². The van der Waals surface area contributed by atoms with Gasteiger partial charge < -0.3 is 9.52 Å². The number of nitrogens with two attached hydrogens (primary N) is 1. The van der Waals surface area contributed by atoms with E-state index in [0.717, 1.165) is 17.8 Å². The molecule has 0 aliphatic carbocycles. The monoisotopic (exact) mass is 548 g/mol. The van der Waals surface area contributed by atoms with Gasteiger partial charge in [0.2, 0.25) is 10.0 Å². The van der Waals surface area contributed by atoms with E-state index >= 15 is 0 Å². The summed E-state index contributed by atoms with van der Waals surface area (Å²) in [5.41, 5.74) is -1.45. The molecule has 3 N–H and O–H groups in total. The zero-order valence-corrected chi connectivity index (χ0v) is 20.3. The maximum atomic E-state index is 13.2. The highest BCUT2D eigenvalue weighted by molar-refractivity contribution is 8.26. The lowest BCUT2D eigenvalue weighted by atomic mass is 10.1. The molecular formula is C21H19F3N2O6S3. The Morgan fingerprint density at radius 2 is 1.91 bits per heavy atom. The van der Waals surface area contributed by atoms with Crippen molar-refractivity contribution in [2.75, 3.05) is 6.54 Å². The number of nitrogens with zero attached hydrogens (tertiary/aromatic N) is 1. The number of carbonyl (C=O) groups is 2. The Hall–Kier alpha value is -2.68. The zero-order valence-electron chi connectivity index (χ0n) is 17.9. The number of carboxylic acids is 1. The van der Waals surface area contributed by atoms with E-state index in [1.165, 1.54) is 23.1 Å². The van der Waals surface area contributed by atoms with Gasteiger partial charge in [0.15, 0.2) is 0 Å². The topological polar surface area (TPSA) is 131 Å². The number of aliphatic carboxylic acids is 1. The third-order valence-electron chi connectivity index (χ3n) is 4.92. The first-order valence-corrected chi connectivity index (χ1v) is 12.9. The lowest BCUT2D eigenvalue weighted by molar-refractivity contribution is -0.138. The van der Waals surface area contributed by atoms with Gasteiger partial charge in [-0.15, -0.1) is 0 Å². The summed E-state index contributed by atoms with van der Waals surface area (Å²) in [7, 11) is -4.36. The molecule has 1 amide bonds. The first kappa shape index (κ1) is 26.9. The highest BCUT2D eigenvalue weighted by atomic mass is 32.2. The number of alkyl halides is 3. The van der Waals surface area contributed by atoms with Gasteiger partial charge >= 0.3 is 12.1 Å². The molecule has 1 aliphatic rings. The molecule has 0 bridgehead atoms. The Balaban J connectivity index is 1.82. The number of thioether (sulfide) groups is 1. The minimum atomic E-state index is -4.72. The maximum Gasteiger partial charge on any atom is 0.416 e. The van der Waals surface area contributed by atoms with Crippen molar-refractivity contribution in [1.82, 2.24) is 4.90 Å². The number of primary sulfonamides is 1. The number of thiocarbonyl (C=S) groups is 1. The van der Waals surface area contributed by atoms with Crippen molar-refractivity contribution < 1.29 is 40.7 Å². The van der Waals surface area contributed by atoms with Gasteiger partial charge in [0, 0.05) is 24.6 Å². The van der Waals surface area contributed by atoms with Gasteiger partial charge in [0.05, 0.1) is 15.4 Å². The van der Waals surface area contributed by atoms with Crippen LogP contribution >= 0.6 is 24.0 Å². The molecule has 8 nitrogen and oxygen atoms in total. The summed E-state index contributed by atoms with van der Waals surface area (Å²) in [4.78, 5) is 24.3. The van der Waals surface area contributed by atoms with Crippen LogP contribution in [0.2, 0.25) is 0 Å². The number of unbranched alkanes of at least 4 members (excludes halogenated alkanes) is 2. The van der Waals surface area contributed by atoms with Crippen LogP contribution in [0, 0.1) is 0 Å². The summed E-state index contributed by atoms with van der Waals surface area (Å²) >= 11 is 6.25. The molecule has 1 aliphatic heterocycles. The van der Waals surface area contributed by atoms with Gasteiger partial charge in [-0.05, 0) is 43.2 Å². The molecule has 2 aromatic rings. The Morgan fingerprint density at radius 1 is 1.20 bits per heavy atom. The second kappa shape index (κ2) is 10.5. The number of hydrogen-bond acceptors (Lipinski definition) is 7. The molecule has 1 fully saturated rings. The molecule has 188 valence electrons. The van der Waals surface area contributed by atoms with Crippen molar-refractivity contribution in [3.8, 4) is 11.3 Å². The van der Waals surface area contributed by atoms with Crippen LogP contribution in [-0.4, -0.2) is 41.2 Å². The summed E-state index contributed by atoms with van der Waals surface area (Å²) in [6, 6.07) is 4.66. The van der Waals surface area contributed by atoms with Gasteiger partial charge in [0.25, 0.3) is 5.91 Å². The lowest BCUT2D eigenvalue weighted by Gasteiger charge is -2.13. The highest BCUT2D eigenvalue weighted by Gasteiger charge is 2.33. The molecule has 0 saturated carbocycles. The van der Waals surface area contributed by atoms with E-state index in [2.05, 4.69) is 0 Å². The molecule has 0 spiro atoms. The fourth-order valence-electron chi connectivity index (χ4n) is 3.27. The number of furan rings is 1. The van der Waals surface area contributed by atoms with Gasteiger partial charge in [-0.1, -0.05) is 30.4 Å². The van der Waals surface area contributed by atoms with Crippen molar-refractivity contribution in [2.45, 2.75) is 36.8 Å². The van der Waals surface area contributed by atoms with Crippen LogP contribution in [0.15, 0.2) is 44.5 Å². The quantitative estimate of drug-likeness (QED) is 0.267. The third kappa shape index (κ3) is 6.72. The Kier molecular flexibility index (Phi) is 8.09. The van der Waals surface area contributed by atoms with E-state index in [-0.39, 0.29) is 34.3 Å². The summed E-state index contributed by atoms with van der Waals surface area (Å²) in [6.07, 6.45) is -1.68. The first-order chi connectivity index (χ1) is 16.3. The van der Waals surface area contributed by atoms with Crippen molar-refractivity contribution in [2.24, 2.45) is 5.14 Å². The van der Waals surface area contributed by atoms with Crippen molar-refractivity contribution in [1.29, 1.82) is 0 Å². The molecule has 2 heterocycles. The van der Waals surface area contributed by atoms with Crippen LogP contribution in [0.5, 0.6) is 0 Å². The van der Waals surface area contributed by atoms with Gasteiger partial charge in [0.1, 0.15) is 15.8 Å². The second-order valence-electron chi connectivity index (χ2n) is 7.49. The summed E-state index contributed by atoms with van der Waals surface area (Å²) in [5, 5.41) is 13.8. The largest absolute Gasteiger partial charge is 0.481 e. The number of benzene rings is 1. The van der Waals surface area contributed by atoms with E-state index < -0.39 is 32.6 Å². The fraction of sp³-hybridized carbons (Fsp3) is 0.286. The van der Waals surface area contributed by atoms with Crippen LogP contribution in [0.3, 0.4) is 0 Å². The van der Waals surface area contributed by atoms with E-state index in [1.807, 2.05) is 0 Å². The smallest absolute Gasteiger partial charge is 0.416 e. The van der Waals surface area contributed by atoms with Crippen LogP contribution in [-0.2, 0) is 25.8 Å². The molecule has 14 heteroatoms. The molecule has 0 unspecified atom stereocenters. The van der Waals surface area contributed by atoms with Crippen LogP contribution in [0.1, 0.15) is 37.0 Å². The maximum absolute atomic E-state index is 13.2. The Bertz CT molecular complexity index is 1300. The van der Waals surface area contributed by atoms with Crippen LogP contribution in [0.4, 0.5) is 13.2 Å². The number of amides is 1. The number of sulfonamides is 1. The highest BCUT2D eigenvalue weighted by Crippen LogP contribution is 2.37. The van der Waals surface area contributed by atoms with E-state index in [4.69, 9.17) is 26.9 Å². The number of carboxylic acid groups (broad SMARTS) is 1. The van der Waals surface area contributed by atoms with E-state index in [1.54, 1.807) is 0 Å². The predicted octanol–water partition coefficient (Wildman–Crippen LogP) is 4.46. The minimum Gasteiger partial charge on any atom is -0.481 e. The van der Waals surface area contributed by atoms with Crippen molar-refractivity contribution in [3.63, 3.8) is 0 Å². The molecule has 35 heavy (non-hydrogen) atoms. The summed E-state index contributed by atoms with van der Waals surface area (Å²) in [6.45, 7) is 0.312. The average molecular weight is 549 g/mol. The normalized spacial score (nSPS) is 15.9. The average Bonchev–Trinajstić information content (AvgIpc) is 3.31. The zero-order chi connectivity index (χ0) is 26.0. The third-order valence-corrected chi connectivity index (χ3v) is 7.27.